The van der Waals surface area contributed by atoms with Gasteiger partial charge in [-0.3, -0.25) is 0 Å². The molecule has 0 fully saturated rings. The van der Waals surface area contributed by atoms with Crippen molar-refractivity contribution < 1.29 is 14.3 Å². The first-order valence-corrected chi connectivity index (χ1v) is 5.04. The monoisotopic (exact) mass is 231 g/mol. The summed E-state index contributed by atoms with van der Waals surface area (Å²) in [5, 5.41) is 8.84. The number of hydrogen-bond donors (Lipinski definition) is 1. The van der Waals surface area contributed by atoms with Gasteiger partial charge in [-0.05, 0) is 41.8 Å². The second kappa shape index (κ2) is 4.33. The van der Waals surface area contributed by atoms with Gasteiger partial charge in [-0.1, -0.05) is 12.1 Å². The molecular formula is C13H10FNO2. The van der Waals surface area contributed by atoms with Crippen molar-refractivity contribution in [2.45, 2.75) is 6.92 Å². The maximum Gasteiger partial charge on any atom is 0.354 e. The Labute approximate surface area is 97.6 Å². The predicted octanol–water partition coefficient (Wildman–Crippen LogP) is 2.89. The Morgan fingerprint density at radius 3 is 2.82 bits per heavy atom. The highest BCUT2D eigenvalue weighted by Gasteiger charge is 2.09. The third-order valence-corrected chi connectivity index (χ3v) is 2.56. The molecule has 3 nitrogen and oxygen atoms in total. The number of pyridine rings is 1. The molecule has 2 aromatic rings. The van der Waals surface area contributed by atoms with Crippen LogP contribution in [0.25, 0.3) is 11.1 Å². The summed E-state index contributed by atoms with van der Waals surface area (Å²) in [7, 11) is 0. The molecule has 1 aromatic heterocycles. The molecule has 0 bridgehead atoms. The highest BCUT2D eigenvalue weighted by Crippen LogP contribution is 2.25. The van der Waals surface area contributed by atoms with E-state index >= 15 is 0 Å². The zero-order valence-electron chi connectivity index (χ0n) is 9.14. The normalized spacial score (nSPS) is 10.2. The van der Waals surface area contributed by atoms with Crippen LogP contribution in [0.1, 0.15) is 16.1 Å². The molecule has 0 unspecified atom stereocenters. The Hall–Kier alpha value is -2.23. The van der Waals surface area contributed by atoms with Crippen LogP contribution < -0.4 is 0 Å². The SMILES string of the molecule is Cc1c(F)cccc1-c1ccnc(C(=O)O)c1. The van der Waals surface area contributed by atoms with E-state index in [1.54, 1.807) is 25.1 Å². The first-order chi connectivity index (χ1) is 8.09. The van der Waals surface area contributed by atoms with Crippen LogP contribution in [-0.2, 0) is 0 Å². The van der Waals surface area contributed by atoms with Gasteiger partial charge in [-0.25, -0.2) is 14.2 Å². The largest absolute Gasteiger partial charge is 0.477 e. The van der Waals surface area contributed by atoms with Crippen LogP contribution in [0.5, 0.6) is 0 Å². The van der Waals surface area contributed by atoms with Gasteiger partial charge in [-0.2, -0.15) is 0 Å². The smallest absolute Gasteiger partial charge is 0.354 e. The van der Waals surface area contributed by atoms with Crippen molar-refractivity contribution in [2.75, 3.05) is 0 Å². The molecule has 0 radical (unpaired) electrons. The number of aromatic carboxylic acids is 1. The van der Waals surface area contributed by atoms with Gasteiger partial charge >= 0.3 is 5.97 Å². The van der Waals surface area contributed by atoms with Gasteiger partial charge in [0.1, 0.15) is 11.5 Å². The van der Waals surface area contributed by atoms with Crippen LogP contribution in [0.15, 0.2) is 36.5 Å². The van der Waals surface area contributed by atoms with Crippen molar-refractivity contribution in [3.05, 3.63) is 53.6 Å². The molecule has 4 heteroatoms. The Kier molecular flexibility index (Phi) is 2.87. The number of carbonyl (C=O) groups is 1. The summed E-state index contributed by atoms with van der Waals surface area (Å²) in [6.07, 6.45) is 1.41. The minimum atomic E-state index is -1.10. The average Bonchev–Trinajstić information content (AvgIpc) is 2.33. The summed E-state index contributed by atoms with van der Waals surface area (Å²) in [4.78, 5) is 14.5. The van der Waals surface area contributed by atoms with Crippen LogP contribution in [0.4, 0.5) is 4.39 Å². The number of aromatic nitrogens is 1. The van der Waals surface area contributed by atoms with Gasteiger partial charge < -0.3 is 5.11 Å². The van der Waals surface area contributed by atoms with E-state index in [1.165, 1.54) is 18.3 Å². The topological polar surface area (TPSA) is 50.2 Å². The van der Waals surface area contributed by atoms with Crippen LogP contribution in [0, 0.1) is 12.7 Å². The number of halogens is 1. The van der Waals surface area contributed by atoms with E-state index < -0.39 is 5.97 Å². The van der Waals surface area contributed by atoms with E-state index in [0.29, 0.717) is 16.7 Å². The lowest BCUT2D eigenvalue weighted by Crippen LogP contribution is -2.00. The number of rotatable bonds is 2. The van der Waals surface area contributed by atoms with E-state index in [0.717, 1.165) is 0 Å². The van der Waals surface area contributed by atoms with E-state index in [4.69, 9.17) is 5.11 Å². The number of nitrogens with zero attached hydrogens (tertiary/aromatic N) is 1. The highest BCUT2D eigenvalue weighted by molar-refractivity contribution is 5.87. The van der Waals surface area contributed by atoms with Gasteiger partial charge in [0.05, 0.1) is 0 Å². The fourth-order valence-electron chi connectivity index (χ4n) is 1.64. The maximum absolute atomic E-state index is 13.4. The molecule has 1 heterocycles. The fraction of sp³-hybridized carbons (Fsp3) is 0.0769. The molecule has 0 aliphatic heterocycles. The van der Waals surface area contributed by atoms with Gasteiger partial charge in [0.2, 0.25) is 0 Å². The van der Waals surface area contributed by atoms with E-state index in [1.807, 2.05) is 0 Å². The van der Waals surface area contributed by atoms with Gasteiger partial charge in [0, 0.05) is 6.20 Å². The molecule has 2 rings (SSSR count). The zero-order chi connectivity index (χ0) is 12.4. The Bertz CT molecular complexity index is 581. The lowest BCUT2D eigenvalue weighted by Gasteiger charge is -2.07. The molecule has 0 atom stereocenters. The second-order valence-corrected chi connectivity index (χ2v) is 3.65. The number of hydrogen-bond acceptors (Lipinski definition) is 2. The van der Waals surface area contributed by atoms with Gasteiger partial charge in [0.25, 0.3) is 0 Å². The first-order valence-electron chi connectivity index (χ1n) is 5.04. The maximum atomic E-state index is 13.4. The molecule has 0 saturated carbocycles. The van der Waals surface area contributed by atoms with Gasteiger partial charge in [0.15, 0.2) is 0 Å². The van der Waals surface area contributed by atoms with Crippen LogP contribution in [0.3, 0.4) is 0 Å². The highest BCUT2D eigenvalue weighted by atomic mass is 19.1. The lowest BCUT2D eigenvalue weighted by molar-refractivity contribution is 0.0690. The Morgan fingerprint density at radius 2 is 2.12 bits per heavy atom. The molecule has 1 N–H and O–H groups in total. The van der Waals surface area contributed by atoms with E-state index in [2.05, 4.69) is 4.98 Å². The van der Waals surface area contributed by atoms with Crippen molar-refractivity contribution in [1.29, 1.82) is 0 Å². The molecule has 0 amide bonds. The summed E-state index contributed by atoms with van der Waals surface area (Å²) >= 11 is 0. The molecule has 0 spiro atoms. The van der Waals surface area contributed by atoms with Crippen molar-refractivity contribution in [3.8, 4) is 11.1 Å². The molecule has 0 aliphatic carbocycles. The van der Waals surface area contributed by atoms with Crippen molar-refractivity contribution >= 4 is 5.97 Å². The van der Waals surface area contributed by atoms with Crippen LogP contribution in [0.2, 0.25) is 0 Å². The molecule has 0 saturated heterocycles. The number of benzene rings is 1. The lowest BCUT2D eigenvalue weighted by atomic mass is 10.0. The summed E-state index contributed by atoms with van der Waals surface area (Å²) in [6, 6.07) is 7.81. The molecule has 17 heavy (non-hydrogen) atoms. The summed E-state index contributed by atoms with van der Waals surface area (Å²) < 4.78 is 13.4. The number of carboxylic acid groups (broad SMARTS) is 1. The molecule has 1 aromatic carbocycles. The quantitative estimate of drug-likeness (QED) is 0.864. The van der Waals surface area contributed by atoms with Crippen molar-refractivity contribution in [3.63, 3.8) is 0 Å². The summed E-state index contributed by atoms with van der Waals surface area (Å²) in [6.45, 7) is 1.66. The van der Waals surface area contributed by atoms with Crippen LogP contribution in [-0.4, -0.2) is 16.1 Å². The minimum absolute atomic E-state index is 0.0499. The van der Waals surface area contributed by atoms with E-state index in [-0.39, 0.29) is 11.5 Å². The minimum Gasteiger partial charge on any atom is -0.477 e. The average molecular weight is 231 g/mol. The third kappa shape index (κ3) is 2.15. The van der Waals surface area contributed by atoms with Crippen molar-refractivity contribution in [1.82, 2.24) is 4.98 Å². The fourth-order valence-corrected chi connectivity index (χ4v) is 1.64. The Balaban J connectivity index is 2.57. The summed E-state index contributed by atoms with van der Waals surface area (Å²) in [5.74, 6) is -1.41. The molecule has 0 aliphatic rings. The molecule has 86 valence electrons. The second-order valence-electron chi connectivity index (χ2n) is 3.65. The van der Waals surface area contributed by atoms with Gasteiger partial charge in [-0.15, -0.1) is 0 Å². The third-order valence-electron chi connectivity index (χ3n) is 2.56. The standard InChI is InChI=1S/C13H10FNO2/c1-8-10(3-2-4-11(8)14)9-5-6-15-12(7-9)13(16)17/h2-7H,1H3,(H,16,17). The molecular weight excluding hydrogens is 221 g/mol. The predicted molar refractivity (Wildman–Crippen MR) is 61.3 cm³/mol. The first kappa shape index (κ1) is 11.3. The zero-order valence-corrected chi connectivity index (χ0v) is 9.14. The Morgan fingerprint density at radius 1 is 1.35 bits per heavy atom. The van der Waals surface area contributed by atoms with E-state index in [9.17, 15) is 9.18 Å². The number of carboxylic acids is 1. The summed E-state index contributed by atoms with van der Waals surface area (Å²) in [5.41, 5.74) is 1.77. The van der Waals surface area contributed by atoms with Crippen LogP contribution >= 0.6 is 0 Å². The van der Waals surface area contributed by atoms with Crippen molar-refractivity contribution in [2.24, 2.45) is 0 Å².